The molecule has 122 valence electrons. The molecule has 0 aliphatic carbocycles. The zero-order valence-corrected chi connectivity index (χ0v) is 14.6. The predicted octanol–water partition coefficient (Wildman–Crippen LogP) is 4.36. The number of anilines is 1. The van der Waals surface area contributed by atoms with Gasteiger partial charge in [-0.05, 0) is 49.6 Å². The lowest BCUT2D eigenvalue weighted by Crippen LogP contribution is -2.29. The van der Waals surface area contributed by atoms with Crippen LogP contribution in [0, 0.1) is 6.92 Å². The van der Waals surface area contributed by atoms with Gasteiger partial charge in [-0.3, -0.25) is 4.79 Å². The van der Waals surface area contributed by atoms with Crippen molar-refractivity contribution in [2.75, 3.05) is 5.32 Å². The molecule has 1 aromatic heterocycles. The largest absolute Gasteiger partial charge is 0.448 e. The monoisotopic (exact) mass is 331 g/mol. The number of hydrogen-bond donors (Lipinski definition) is 1. The molecule has 1 N–H and O–H groups in total. The van der Waals surface area contributed by atoms with E-state index in [0.29, 0.717) is 16.5 Å². The molecule has 4 nitrogen and oxygen atoms in total. The van der Waals surface area contributed by atoms with E-state index in [0.717, 1.165) is 4.88 Å². The lowest BCUT2D eigenvalue weighted by atomic mass is 10.0. The fraction of sp³-hybridized carbons (Fsp3) is 0.333. The van der Waals surface area contributed by atoms with Gasteiger partial charge in [0.05, 0.1) is 0 Å². The molecule has 0 saturated heterocycles. The van der Waals surface area contributed by atoms with Gasteiger partial charge >= 0.3 is 5.97 Å². The van der Waals surface area contributed by atoms with Gasteiger partial charge in [-0.15, -0.1) is 11.3 Å². The van der Waals surface area contributed by atoms with Gasteiger partial charge in [0, 0.05) is 10.6 Å². The maximum Gasteiger partial charge on any atom is 0.349 e. The summed E-state index contributed by atoms with van der Waals surface area (Å²) in [4.78, 5) is 25.6. The minimum absolute atomic E-state index is 0.344. The second-order valence-electron chi connectivity index (χ2n) is 5.72. The van der Waals surface area contributed by atoms with Crippen LogP contribution in [0.25, 0.3) is 0 Å². The zero-order valence-electron chi connectivity index (χ0n) is 13.8. The molecule has 0 aliphatic rings. The van der Waals surface area contributed by atoms with Gasteiger partial charge in [0.15, 0.2) is 6.10 Å². The van der Waals surface area contributed by atoms with E-state index in [-0.39, 0.29) is 5.91 Å². The van der Waals surface area contributed by atoms with E-state index < -0.39 is 12.1 Å². The van der Waals surface area contributed by atoms with Crippen LogP contribution in [0.5, 0.6) is 0 Å². The number of carbonyl (C=O) groups excluding carboxylic acids is 2. The Labute approximate surface area is 140 Å². The highest BCUT2D eigenvalue weighted by Crippen LogP contribution is 2.19. The summed E-state index contributed by atoms with van der Waals surface area (Å²) in [6, 6.07) is 11.2. The van der Waals surface area contributed by atoms with E-state index in [2.05, 4.69) is 19.2 Å². The lowest BCUT2D eigenvalue weighted by Gasteiger charge is -2.13. The third-order valence-corrected chi connectivity index (χ3v) is 4.42. The third-order valence-electron chi connectivity index (χ3n) is 3.44. The molecule has 0 fully saturated rings. The number of carbonyl (C=O) groups is 2. The molecule has 1 aromatic carbocycles. The molecule has 2 aromatic rings. The standard InChI is InChI=1S/C18H21NO3S/c1-11(2)14-6-8-15(9-7-14)19-17(20)13(4)22-18(21)16-10-5-12(3)23-16/h5-11,13H,1-4H3,(H,19,20)/t13-/m0/s1. The van der Waals surface area contributed by atoms with Crippen LogP contribution in [-0.4, -0.2) is 18.0 Å². The second kappa shape index (κ2) is 7.42. The number of esters is 1. The van der Waals surface area contributed by atoms with Crippen LogP contribution in [-0.2, 0) is 9.53 Å². The van der Waals surface area contributed by atoms with Gasteiger partial charge in [-0.1, -0.05) is 26.0 Å². The summed E-state index contributed by atoms with van der Waals surface area (Å²) in [5.74, 6) is -0.376. The Kier molecular flexibility index (Phi) is 5.55. The smallest absolute Gasteiger partial charge is 0.349 e. The second-order valence-corrected chi connectivity index (χ2v) is 7.01. The predicted molar refractivity (Wildman–Crippen MR) is 93.1 cm³/mol. The average molecular weight is 331 g/mol. The number of nitrogens with one attached hydrogen (secondary N) is 1. The van der Waals surface area contributed by atoms with Crippen molar-refractivity contribution in [3.8, 4) is 0 Å². The van der Waals surface area contributed by atoms with Gasteiger partial charge < -0.3 is 10.1 Å². The molecule has 1 heterocycles. The highest BCUT2D eigenvalue weighted by molar-refractivity contribution is 7.13. The van der Waals surface area contributed by atoms with Crippen molar-refractivity contribution in [3.05, 3.63) is 51.7 Å². The molecule has 5 heteroatoms. The molecular weight excluding hydrogens is 310 g/mol. The normalized spacial score (nSPS) is 12.0. The van der Waals surface area contributed by atoms with Crippen molar-refractivity contribution in [2.24, 2.45) is 0 Å². The summed E-state index contributed by atoms with van der Waals surface area (Å²) in [5, 5.41) is 2.76. The van der Waals surface area contributed by atoms with E-state index in [9.17, 15) is 9.59 Å². The van der Waals surface area contributed by atoms with E-state index >= 15 is 0 Å². The highest BCUT2D eigenvalue weighted by Gasteiger charge is 2.20. The Morgan fingerprint density at radius 1 is 1.04 bits per heavy atom. The van der Waals surface area contributed by atoms with Crippen molar-refractivity contribution in [1.29, 1.82) is 0 Å². The first kappa shape index (κ1) is 17.2. The van der Waals surface area contributed by atoms with Crippen LogP contribution < -0.4 is 5.32 Å². The summed E-state index contributed by atoms with van der Waals surface area (Å²) in [7, 11) is 0. The number of thiophene rings is 1. The van der Waals surface area contributed by atoms with Crippen molar-refractivity contribution in [3.63, 3.8) is 0 Å². The third kappa shape index (κ3) is 4.66. The number of rotatable bonds is 5. The van der Waals surface area contributed by atoms with Crippen LogP contribution in [0.1, 0.15) is 46.8 Å². The van der Waals surface area contributed by atoms with Crippen molar-refractivity contribution < 1.29 is 14.3 Å². The Morgan fingerprint density at radius 2 is 1.70 bits per heavy atom. The fourth-order valence-corrected chi connectivity index (χ4v) is 2.76. The molecule has 0 unspecified atom stereocenters. The first-order chi connectivity index (χ1) is 10.9. The molecule has 1 amide bonds. The van der Waals surface area contributed by atoms with Gasteiger partial charge in [0.1, 0.15) is 4.88 Å². The zero-order chi connectivity index (χ0) is 17.0. The van der Waals surface area contributed by atoms with E-state index in [4.69, 9.17) is 4.74 Å². The number of aryl methyl sites for hydroxylation is 1. The Hall–Kier alpha value is -2.14. The minimum Gasteiger partial charge on any atom is -0.448 e. The molecule has 0 saturated carbocycles. The van der Waals surface area contributed by atoms with E-state index in [1.54, 1.807) is 13.0 Å². The number of hydrogen-bond acceptors (Lipinski definition) is 4. The Morgan fingerprint density at radius 3 is 2.22 bits per heavy atom. The van der Waals surface area contributed by atoms with Crippen molar-refractivity contribution in [1.82, 2.24) is 0 Å². The van der Waals surface area contributed by atoms with Gasteiger partial charge in [0.25, 0.3) is 5.91 Å². The van der Waals surface area contributed by atoms with Crippen LogP contribution in [0.2, 0.25) is 0 Å². The van der Waals surface area contributed by atoms with Gasteiger partial charge in [-0.25, -0.2) is 4.79 Å². The van der Waals surface area contributed by atoms with Crippen LogP contribution in [0.15, 0.2) is 36.4 Å². The summed E-state index contributed by atoms with van der Waals surface area (Å²) in [6.07, 6.45) is -0.852. The first-order valence-corrected chi connectivity index (χ1v) is 8.36. The summed E-state index contributed by atoms with van der Waals surface area (Å²) >= 11 is 1.35. The maximum absolute atomic E-state index is 12.1. The van der Waals surface area contributed by atoms with Crippen LogP contribution in [0.3, 0.4) is 0 Å². The minimum atomic E-state index is -0.852. The summed E-state index contributed by atoms with van der Waals surface area (Å²) < 4.78 is 5.21. The average Bonchev–Trinajstić information content (AvgIpc) is 2.94. The lowest BCUT2D eigenvalue weighted by molar-refractivity contribution is -0.123. The van der Waals surface area contributed by atoms with Gasteiger partial charge in [0.2, 0.25) is 0 Å². The Bertz CT molecular complexity index is 689. The van der Waals surface area contributed by atoms with Crippen LogP contribution in [0.4, 0.5) is 5.69 Å². The van der Waals surface area contributed by atoms with E-state index in [1.165, 1.54) is 16.9 Å². The molecule has 1 atom stereocenters. The number of ether oxygens (including phenoxy) is 1. The quantitative estimate of drug-likeness (QED) is 0.828. The summed E-state index contributed by atoms with van der Waals surface area (Å²) in [5.41, 5.74) is 1.89. The van der Waals surface area contributed by atoms with E-state index in [1.807, 2.05) is 37.3 Å². The van der Waals surface area contributed by atoms with Crippen molar-refractivity contribution in [2.45, 2.75) is 39.7 Å². The topological polar surface area (TPSA) is 55.4 Å². The number of amides is 1. The molecular formula is C18H21NO3S. The molecule has 23 heavy (non-hydrogen) atoms. The Balaban J connectivity index is 1.93. The van der Waals surface area contributed by atoms with Crippen molar-refractivity contribution >= 4 is 28.9 Å². The molecule has 0 aliphatic heterocycles. The molecule has 2 rings (SSSR count). The SMILES string of the molecule is Cc1ccc(C(=O)O[C@@H](C)C(=O)Nc2ccc(C(C)C)cc2)s1. The summed E-state index contributed by atoms with van der Waals surface area (Å²) in [6.45, 7) is 7.71. The molecule has 0 spiro atoms. The van der Waals surface area contributed by atoms with Gasteiger partial charge in [-0.2, -0.15) is 0 Å². The highest BCUT2D eigenvalue weighted by atomic mass is 32.1. The fourth-order valence-electron chi connectivity index (χ4n) is 2.01. The molecule has 0 bridgehead atoms. The van der Waals surface area contributed by atoms with Crippen LogP contribution >= 0.6 is 11.3 Å². The molecule has 0 radical (unpaired) electrons. The number of benzene rings is 1. The first-order valence-electron chi connectivity index (χ1n) is 7.55. The maximum atomic E-state index is 12.1.